The van der Waals surface area contributed by atoms with Crippen molar-refractivity contribution < 1.29 is 14.4 Å². The molecule has 2 rings (SSSR count). The lowest BCUT2D eigenvalue weighted by atomic mass is 10.0. The van der Waals surface area contributed by atoms with Gasteiger partial charge < -0.3 is 15.2 Å². The summed E-state index contributed by atoms with van der Waals surface area (Å²) in [5.74, 6) is 0.838. The number of fused-ring (bicyclic) bond motifs is 1. The van der Waals surface area contributed by atoms with E-state index in [1.54, 1.807) is 0 Å². The van der Waals surface area contributed by atoms with Gasteiger partial charge in [-0.05, 0) is 6.07 Å². The smallest absolute Gasteiger partial charge is 0.278 e. The molecule has 0 saturated carbocycles. The lowest BCUT2D eigenvalue weighted by Gasteiger charge is -2.08. The van der Waals surface area contributed by atoms with Gasteiger partial charge in [0, 0.05) is 0 Å². The second-order valence-corrected chi connectivity index (χ2v) is 3.28. The van der Waals surface area contributed by atoms with Gasteiger partial charge in [-0.15, -0.1) is 19.0 Å². The Morgan fingerprint density at radius 3 is 2.59 bits per heavy atom. The van der Waals surface area contributed by atoms with Crippen molar-refractivity contribution in [3.63, 3.8) is 0 Å². The molecule has 7 heteroatoms. The minimum absolute atomic E-state index is 0. The van der Waals surface area contributed by atoms with E-state index in [9.17, 15) is 10.1 Å². The van der Waals surface area contributed by atoms with Crippen molar-refractivity contribution >= 4 is 18.1 Å². The highest BCUT2D eigenvalue weighted by atomic mass is 35.5. The van der Waals surface area contributed by atoms with Gasteiger partial charge in [-0.3, -0.25) is 10.1 Å². The third-order valence-corrected chi connectivity index (χ3v) is 2.33. The van der Waals surface area contributed by atoms with Crippen LogP contribution < -0.4 is 15.2 Å². The van der Waals surface area contributed by atoms with Crippen molar-refractivity contribution in [2.75, 3.05) is 6.79 Å². The number of benzene rings is 1. The second-order valence-electron chi connectivity index (χ2n) is 3.28. The third kappa shape index (κ3) is 2.32. The number of nitro groups is 1. The zero-order chi connectivity index (χ0) is 11.7. The van der Waals surface area contributed by atoms with Crippen molar-refractivity contribution in [1.82, 2.24) is 0 Å². The molecular formula is C10H11ClN2O4. The summed E-state index contributed by atoms with van der Waals surface area (Å²) in [5, 5.41) is 10.9. The maximum atomic E-state index is 10.9. The van der Waals surface area contributed by atoms with Crippen LogP contribution in [-0.2, 0) is 0 Å². The Morgan fingerprint density at radius 2 is 2.06 bits per heavy atom. The molecule has 1 aliphatic rings. The van der Waals surface area contributed by atoms with Crippen LogP contribution in [0.25, 0.3) is 0 Å². The van der Waals surface area contributed by atoms with Crippen molar-refractivity contribution in [2.45, 2.75) is 6.04 Å². The number of hydrogen-bond acceptors (Lipinski definition) is 5. The fourth-order valence-corrected chi connectivity index (χ4v) is 1.50. The molecule has 0 fully saturated rings. The molecule has 1 aliphatic heterocycles. The van der Waals surface area contributed by atoms with E-state index in [0.29, 0.717) is 17.1 Å². The summed E-state index contributed by atoms with van der Waals surface area (Å²) in [6.07, 6.45) is 1.44. The van der Waals surface area contributed by atoms with Gasteiger partial charge in [0.15, 0.2) is 11.5 Å². The fraction of sp³-hybridized carbons (Fsp3) is 0.200. The van der Waals surface area contributed by atoms with Crippen LogP contribution in [0.2, 0.25) is 0 Å². The molecule has 0 radical (unpaired) electrons. The number of nitro benzene ring substituents is 1. The first kappa shape index (κ1) is 13.3. The number of ether oxygens (including phenoxy) is 2. The Hall–Kier alpha value is -1.79. The molecule has 0 unspecified atom stereocenters. The summed E-state index contributed by atoms with van der Waals surface area (Å²) >= 11 is 0. The molecule has 17 heavy (non-hydrogen) atoms. The Morgan fingerprint density at radius 1 is 1.47 bits per heavy atom. The maximum absolute atomic E-state index is 10.9. The number of rotatable bonds is 3. The Labute approximate surface area is 104 Å². The van der Waals surface area contributed by atoms with Crippen molar-refractivity contribution in [1.29, 1.82) is 0 Å². The van der Waals surface area contributed by atoms with Gasteiger partial charge in [0.05, 0.1) is 22.6 Å². The van der Waals surface area contributed by atoms with Crippen LogP contribution in [0.15, 0.2) is 24.8 Å². The third-order valence-electron chi connectivity index (χ3n) is 2.33. The lowest BCUT2D eigenvalue weighted by Crippen LogP contribution is -2.09. The first-order chi connectivity index (χ1) is 7.63. The zero-order valence-electron chi connectivity index (χ0n) is 8.79. The summed E-state index contributed by atoms with van der Waals surface area (Å²) < 4.78 is 10.2. The Balaban J connectivity index is 0.00000144. The average Bonchev–Trinajstić information content (AvgIpc) is 2.73. The normalized spacial score (nSPS) is 13.7. The first-order valence-corrected chi connectivity index (χ1v) is 4.59. The molecule has 0 saturated heterocycles. The quantitative estimate of drug-likeness (QED) is 0.508. The van der Waals surface area contributed by atoms with E-state index in [1.807, 2.05) is 0 Å². The highest BCUT2D eigenvalue weighted by Crippen LogP contribution is 2.39. The van der Waals surface area contributed by atoms with Crippen molar-refractivity contribution in [3.05, 3.63) is 40.5 Å². The van der Waals surface area contributed by atoms with E-state index in [2.05, 4.69) is 6.58 Å². The highest BCUT2D eigenvalue weighted by molar-refractivity contribution is 5.85. The maximum Gasteiger partial charge on any atom is 0.278 e. The number of nitrogens with zero attached hydrogens (tertiary/aromatic N) is 1. The standard InChI is InChI=1S/C10H10N2O4.ClH/c1-2-7(11)6-3-9-10(16-5-15-9)4-8(6)12(13)14;/h2-4,7H,1,5,11H2;1H/t7-;/m0./s1. The molecule has 0 bridgehead atoms. The minimum Gasteiger partial charge on any atom is -0.454 e. The predicted octanol–water partition coefficient (Wildman–Crippen LogP) is 1.93. The Kier molecular flexibility index (Phi) is 3.93. The van der Waals surface area contributed by atoms with Crippen LogP contribution in [0.5, 0.6) is 11.5 Å². The molecule has 1 heterocycles. The van der Waals surface area contributed by atoms with Gasteiger partial charge in [-0.25, -0.2) is 0 Å². The van der Waals surface area contributed by atoms with Crippen LogP contribution in [-0.4, -0.2) is 11.7 Å². The fourth-order valence-electron chi connectivity index (χ4n) is 1.50. The Bertz CT molecular complexity index is 464. The minimum atomic E-state index is -0.602. The molecule has 2 N–H and O–H groups in total. The number of nitrogens with two attached hydrogens (primary N) is 1. The van der Waals surface area contributed by atoms with Gasteiger partial charge in [0.25, 0.3) is 5.69 Å². The van der Waals surface area contributed by atoms with Gasteiger partial charge in [-0.2, -0.15) is 0 Å². The second kappa shape index (κ2) is 5.03. The predicted molar refractivity (Wildman–Crippen MR) is 63.6 cm³/mol. The van der Waals surface area contributed by atoms with Crippen LogP contribution >= 0.6 is 12.4 Å². The van der Waals surface area contributed by atoms with Gasteiger partial charge in [0.1, 0.15) is 0 Å². The van der Waals surface area contributed by atoms with E-state index in [0.717, 1.165) is 0 Å². The van der Waals surface area contributed by atoms with Gasteiger partial charge >= 0.3 is 0 Å². The highest BCUT2D eigenvalue weighted by Gasteiger charge is 2.25. The molecular weight excluding hydrogens is 248 g/mol. The monoisotopic (exact) mass is 258 g/mol. The van der Waals surface area contributed by atoms with Crippen LogP contribution in [0.4, 0.5) is 5.69 Å². The van der Waals surface area contributed by atoms with Crippen LogP contribution in [0.3, 0.4) is 0 Å². The molecule has 0 spiro atoms. The van der Waals surface area contributed by atoms with Crippen LogP contribution in [0, 0.1) is 10.1 Å². The first-order valence-electron chi connectivity index (χ1n) is 4.59. The summed E-state index contributed by atoms with van der Waals surface area (Å²) in [4.78, 5) is 10.4. The molecule has 0 aliphatic carbocycles. The van der Waals surface area contributed by atoms with Crippen LogP contribution in [0.1, 0.15) is 11.6 Å². The SMILES string of the molecule is C=C[C@H](N)c1cc2c(cc1[N+](=O)[O-])OCO2.Cl. The largest absolute Gasteiger partial charge is 0.454 e. The molecule has 6 nitrogen and oxygen atoms in total. The molecule has 1 aromatic rings. The van der Waals surface area contributed by atoms with E-state index >= 15 is 0 Å². The summed E-state index contributed by atoms with van der Waals surface area (Å²) in [6, 6.07) is 2.24. The van der Waals surface area contributed by atoms with Gasteiger partial charge in [0.2, 0.25) is 6.79 Å². The lowest BCUT2D eigenvalue weighted by molar-refractivity contribution is -0.385. The topological polar surface area (TPSA) is 87.6 Å². The molecule has 0 amide bonds. The van der Waals surface area contributed by atoms with Crippen molar-refractivity contribution in [3.8, 4) is 11.5 Å². The molecule has 1 atom stereocenters. The summed E-state index contributed by atoms with van der Waals surface area (Å²) in [6.45, 7) is 3.58. The number of hydrogen-bond donors (Lipinski definition) is 1. The summed E-state index contributed by atoms with van der Waals surface area (Å²) in [5.41, 5.74) is 5.99. The molecule has 0 aromatic heterocycles. The van der Waals surface area contributed by atoms with Crippen molar-refractivity contribution in [2.24, 2.45) is 5.73 Å². The van der Waals surface area contributed by atoms with E-state index in [4.69, 9.17) is 15.2 Å². The zero-order valence-corrected chi connectivity index (χ0v) is 9.61. The molecule has 92 valence electrons. The average molecular weight is 259 g/mol. The van der Waals surface area contributed by atoms with Gasteiger partial charge in [-0.1, -0.05) is 6.08 Å². The summed E-state index contributed by atoms with van der Waals surface area (Å²) in [7, 11) is 0. The molecule has 1 aromatic carbocycles. The van der Waals surface area contributed by atoms with E-state index < -0.39 is 11.0 Å². The van der Waals surface area contributed by atoms with E-state index in [1.165, 1.54) is 18.2 Å². The number of halogens is 1. The van der Waals surface area contributed by atoms with E-state index in [-0.39, 0.29) is 24.9 Å².